The molecule has 0 radical (unpaired) electrons. The zero-order chi connectivity index (χ0) is 14.7. The number of hydrogen-bond acceptors (Lipinski definition) is 3. The molecule has 110 valence electrons. The average molecular weight is 277 g/mol. The third-order valence-electron chi connectivity index (χ3n) is 3.91. The number of carbonyl (C=O) groups is 2. The van der Waals surface area contributed by atoms with Crippen LogP contribution in [0.25, 0.3) is 0 Å². The molecule has 0 aromatic carbocycles. The van der Waals surface area contributed by atoms with Gasteiger partial charge in [-0.3, -0.25) is 14.5 Å². The maximum atomic E-state index is 12.3. The van der Waals surface area contributed by atoms with Gasteiger partial charge in [0.1, 0.15) is 11.5 Å². The minimum Gasteiger partial charge on any atom is -0.465 e. The van der Waals surface area contributed by atoms with E-state index in [1.807, 2.05) is 0 Å². The third-order valence-corrected chi connectivity index (χ3v) is 3.91. The molecule has 0 atom stereocenters. The van der Waals surface area contributed by atoms with Gasteiger partial charge >= 0.3 is 0 Å². The molecule has 2 heterocycles. The molecule has 0 bridgehead atoms. The van der Waals surface area contributed by atoms with E-state index in [-0.39, 0.29) is 11.8 Å². The zero-order valence-corrected chi connectivity index (χ0v) is 12.6. The number of fused-ring (bicyclic) bond motifs is 1. The highest BCUT2D eigenvalue weighted by molar-refractivity contribution is 6.22. The second-order valence-corrected chi connectivity index (χ2v) is 5.49. The minimum atomic E-state index is -0.187. The standard InChI is InChI=1S/C16H23NO3/c1-4-5-6-7-8-9-10-17-15(18)13-11(2)20-12(3)14(13)16(17)19/h4-10H2,1-3H3. The summed E-state index contributed by atoms with van der Waals surface area (Å²) in [6, 6.07) is 0. The fourth-order valence-corrected chi connectivity index (χ4v) is 2.81. The fourth-order valence-electron chi connectivity index (χ4n) is 2.81. The molecule has 0 spiro atoms. The van der Waals surface area contributed by atoms with Crippen LogP contribution >= 0.6 is 0 Å². The van der Waals surface area contributed by atoms with Crippen molar-refractivity contribution >= 4 is 11.8 Å². The lowest BCUT2D eigenvalue weighted by Crippen LogP contribution is -2.31. The molecule has 1 aliphatic rings. The van der Waals surface area contributed by atoms with Crippen LogP contribution in [0.3, 0.4) is 0 Å². The maximum absolute atomic E-state index is 12.3. The number of rotatable bonds is 7. The molecule has 20 heavy (non-hydrogen) atoms. The highest BCUT2D eigenvalue weighted by Gasteiger charge is 2.40. The first-order chi connectivity index (χ1) is 9.57. The molecule has 0 unspecified atom stereocenters. The summed E-state index contributed by atoms with van der Waals surface area (Å²) in [5.41, 5.74) is 0.942. The van der Waals surface area contributed by atoms with E-state index >= 15 is 0 Å². The topological polar surface area (TPSA) is 50.5 Å². The van der Waals surface area contributed by atoms with Gasteiger partial charge in [0.25, 0.3) is 11.8 Å². The normalized spacial score (nSPS) is 14.2. The highest BCUT2D eigenvalue weighted by atomic mass is 16.3. The molecule has 0 saturated carbocycles. The Morgan fingerprint density at radius 1 is 0.850 bits per heavy atom. The van der Waals surface area contributed by atoms with Crippen molar-refractivity contribution in [2.45, 2.75) is 59.3 Å². The monoisotopic (exact) mass is 277 g/mol. The number of hydrogen-bond donors (Lipinski definition) is 0. The van der Waals surface area contributed by atoms with Gasteiger partial charge < -0.3 is 4.42 Å². The van der Waals surface area contributed by atoms with E-state index in [0.29, 0.717) is 29.2 Å². The molecule has 0 saturated heterocycles. The highest BCUT2D eigenvalue weighted by Crippen LogP contribution is 2.30. The summed E-state index contributed by atoms with van der Waals surface area (Å²) >= 11 is 0. The van der Waals surface area contributed by atoms with Gasteiger partial charge in [0.2, 0.25) is 0 Å². The van der Waals surface area contributed by atoms with Crippen molar-refractivity contribution in [3.05, 3.63) is 22.6 Å². The lowest BCUT2D eigenvalue weighted by molar-refractivity contribution is 0.0647. The van der Waals surface area contributed by atoms with Crippen LogP contribution in [0.1, 0.15) is 77.7 Å². The van der Waals surface area contributed by atoms with E-state index in [9.17, 15) is 9.59 Å². The lowest BCUT2D eigenvalue weighted by atomic mass is 10.1. The Balaban J connectivity index is 1.91. The largest absolute Gasteiger partial charge is 0.465 e. The van der Waals surface area contributed by atoms with Crippen molar-refractivity contribution in [1.29, 1.82) is 0 Å². The Morgan fingerprint density at radius 2 is 1.35 bits per heavy atom. The smallest absolute Gasteiger partial charge is 0.265 e. The summed E-state index contributed by atoms with van der Waals surface area (Å²) < 4.78 is 5.38. The number of nitrogens with zero attached hydrogens (tertiary/aromatic N) is 1. The van der Waals surface area contributed by atoms with Gasteiger partial charge in [0, 0.05) is 6.54 Å². The van der Waals surface area contributed by atoms with E-state index < -0.39 is 0 Å². The van der Waals surface area contributed by atoms with Gasteiger partial charge in [-0.05, 0) is 20.3 Å². The molecule has 0 fully saturated rings. The zero-order valence-electron chi connectivity index (χ0n) is 12.6. The second-order valence-electron chi connectivity index (χ2n) is 5.49. The van der Waals surface area contributed by atoms with Gasteiger partial charge in [-0.2, -0.15) is 0 Å². The third kappa shape index (κ3) is 2.65. The summed E-state index contributed by atoms with van der Waals surface area (Å²) in [6.07, 6.45) is 6.86. The summed E-state index contributed by atoms with van der Waals surface area (Å²) in [5, 5.41) is 0. The van der Waals surface area contributed by atoms with Crippen LogP contribution in [0, 0.1) is 13.8 Å². The Hall–Kier alpha value is -1.58. The maximum Gasteiger partial charge on any atom is 0.265 e. The van der Waals surface area contributed by atoms with E-state index in [4.69, 9.17) is 4.42 Å². The molecule has 2 amide bonds. The van der Waals surface area contributed by atoms with Crippen LogP contribution in [0.5, 0.6) is 0 Å². The lowest BCUT2D eigenvalue weighted by Gasteiger charge is -2.14. The molecule has 2 rings (SSSR count). The molecule has 1 aromatic rings. The Bertz CT molecular complexity index is 480. The van der Waals surface area contributed by atoms with Crippen LogP contribution in [-0.4, -0.2) is 23.3 Å². The Morgan fingerprint density at radius 3 is 1.90 bits per heavy atom. The SMILES string of the molecule is CCCCCCCCN1C(=O)c2c(C)oc(C)c2C1=O. The molecule has 1 aliphatic heterocycles. The molecule has 0 N–H and O–H groups in total. The molecule has 4 nitrogen and oxygen atoms in total. The van der Waals surface area contributed by atoms with Crippen LogP contribution in [0.4, 0.5) is 0 Å². The van der Waals surface area contributed by atoms with Gasteiger partial charge in [-0.25, -0.2) is 0 Å². The number of carbonyl (C=O) groups excluding carboxylic acids is 2. The molecule has 1 aromatic heterocycles. The summed E-state index contributed by atoms with van der Waals surface area (Å²) in [4.78, 5) is 25.9. The predicted molar refractivity (Wildman–Crippen MR) is 76.9 cm³/mol. The number of imide groups is 1. The van der Waals surface area contributed by atoms with Crippen molar-refractivity contribution in [3.8, 4) is 0 Å². The Kier molecular flexibility index (Phi) is 4.63. The first kappa shape index (κ1) is 14.8. The van der Waals surface area contributed by atoms with Crippen molar-refractivity contribution in [1.82, 2.24) is 4.90 Å². The van der Waals surface area contributed by atoms with Crippen LogP contribution in [0.2, 0.25) is 0 Å². The van der Waals surface area contributed by atoms with Crippen molar-refractivity contribution in [2.75, 3.05) is 6.54 Å². The first-order valence-corrected chi connectivity index (χ1v) is 7.54. The van der Waals surface area contributed by atoms with Crippen LogP contribution in [-0.2, 0) is 0 Å². The molecular formula is C16H23NO3. The van der Waals surface area contributed by atoms with Crippen molar-refractivity contribution in [3.63, 3.8) is 0 Å². The van der Waals surface area contributed by atoms with Gasteiger partial charge in [-0.1, -0.05) is 39.0 Å². The molecular weight excluding hydrogens is 254 g/mol. The summed E-state index contributed by atoms with van der Waals surface area (Å²) in [6.45, 7) is 6.20. The average Bonchev–Trinajstić information content (AvgIpc) is 2.84. The Labute approximate surface area is 120 Å². The number of amides is 2. The number of unbranched alkanes of at least 4 members (excludes halogenated alkanes) is 5. The molecule has 0 aliphatic carbocycles. The van der Waals surface area contributed by atoms with Gasteiger partial charge in [0.15, 0.2) is 0 Å². The van der Waals surface area contributed by atoms with E-state index in [2.05, 4.69) is 6.92 Å². The van der Waals surface area contributed by atoms with E-state index in [0.717, 1.165) is 12.8 Å². The first-order valence-electron chi connectivity index (χ1n) is 7.54. The minimum absolute atomic E-state index is 0.187. The summed E-state index contributed by atoms with van der Waals surface area (Å²) in [5.74, 6) is 0.739. The molecule has 4 heteroatoms. The number of aryl methyl sites for hydroxylation is 2. The van der Waals surface area contributed by atoms with Gasteiger partial charge in [0.05, 0.1) is 11.1 Å². The quantitative estimate of drug-likeness (QED) is 0.562. The fraction of sp³-hybridized carbons (Fsp3) is 0.625. The second kappa shape index (κ2) is 6.25. The van der Waals surface area contributed by atoms with Crippen molar-refractivity contribution < 1.29 is 14.0 Å². The van der Waals surface area contributed by atoms with E-state index in [1.165, 1.54) is 30.6 Å². The summed E-state index contributed by atoms with van der Waals surface area (Å²) in [7, 11) is 0. The predicted octanol–water partition coefficient (Wildman–Crippen LogP) is 3.85. The van der Waals surface area contributed by atoms with Crippen molar-refractivity contribution in [2.24, 2.45) is 0 Å². The van der Waals surface area contributed by atoms with Gasteiger partial charge in [-0.15, -0.1) is 0 Å². The number of furan rings is 1. The van der Waals surface area contributed by atoms with Crippen LogP contribution < -0.4 is 0 Å². The van der Waals surface area contributed by atoms with E-state index in [1.54, 1.807) is 13.8 Å². The van der Waals surface area contributed by atoms with Crippen LogP contribution in [0.15, 0.2) is 4.42 Å².